The van der Waals surface area contributed by atoms with Gasteiger partial charge in [0.1, 0.15) is 0 Å². The van der Waals surface area contributed by atoms with Crippen LogP contribution in [0.4, 0.5) is 21.0 Å². The van der Waals surface area contributed by atoms with E-state index in [1.165, 1.54) is 0 Å². The minimum absolute atomic E-state index is 0.130. The van der Waals surface area contributed by atoms with Crippen molar-refractivity contribution in [2.45, 2.75) is 39.9 Å². The highest BCUT2D eigenvalue weighted by Gasteiger charge is 2.05. The van der Waals surface area contributed by atoms with Crippen molar-refractivity contribution in [3.8, 4) is 0 Å². The molecule has 2 rings (SSSR count). The first-order valence-electron chi connectivity index (χ1n) is 8.62. The Hall–Kier alpha value is -2.44. The van der Waals surface area contributed by atoms with E-state index in [4.69, 9.17) is 32.7 Å². The average molecular weight is 427 g/mol. The van der Waals surface area contributed by atoms with Crippen molar-refractivity contribution >= 4 is 46.8 Å². The highest BCUT2D eigenvalue weighted by Crippen LogP contribution is 2.16. The maximum absolute atomic E-state index is 11.2. The molecule has 2 aromatic carbocycles. The lowest BCUT2D eigenvalue weighted by Crippen LogP contribution is -2.17. The number of hydrogen-bond acceptors (Lipinski definition) is 4. The zero-order chi connectivity index (χ0) is 21.1. The van der Waals surface area contributed by atoms with Gasteiger partial charge in [-0.3, -0.25) is 10.6 Å². The summed E-state index contributed by atoms with van der Waals surface area (Å²) < 4.78 is 9.80. The molecule has 152 valence electrons. The lowest BCUT2D eigenvalue weighted by molar-refractivity contribution is 0.129. The number of carbonyl (C=O) groups is 2. The van der Waals surface area contributed by atoms with E-state index in [1.807, 2.05) is 0 Å². The third-order valence-electron chi connectivity index (χ3n) is 2.83. The number of halogens is 2. The Morgan fingerprint density at radius 2 is 1.11 bits per heavy atom. The van der Waals surface area contributed by atoms with Crippen LogP contribution in [0.1, 0.15) is 27.7 Å². The van der Waals surface area contributed by atoms with Crippen molar-refractivity contribution in [1.29, 1.82) is 0 Å². The molecule has 28 heavy (non-hydrogen) atoms. The van der Waals surface area contributed by atoms with E-state index >= 15 is 0 Å². The first kappa shape index (κ1) is 23.6. The van der Waals surface area contributed by atoms with Gasteiger partial charge in [-0.15, -0.1) is 0 Å². The largest absolute Gasteiger partial charge is 0.447 e. The van der Waals surface area contributed by atoms with Crippen molar-refractivity contribution in [2.24, 2.45) is 0 Å². The number of nitrogens with one attached hydrogen (secondary N) is 2. The maximum atomic E-state index is 11.2. The van der Waals surface area contributed by atoms with Crippen LogP contribution in [0.2, 0.25) is 10.0 Å². The zero-order valence-electron chi connectivity index (χ0n) is 16.2. The molecular weight excluding hydrogens is 403 g/mol. The van der Waals surface area contributed by atoms with E-state index in [2.05, 4.69) is 10.6 Å². The molecule has 6 nitrogen and oxygen atoms in total. The Morgan fingerprint density at radius 1 is 0.750 bits per heavy atom. The second kappa shape index (κ2) is 12.1. The van der Waals surface area contributed by atoms with Crippen molar-refractivity contribution in [3.05, 3.63) is 58.6 Å². The first-order valence-corrected chi connectivity index (χ1v) is 9.37. The van der Waals surface area contributed by atoms with Crippen LogP contribution >= 0.6 is 23.2 Å². The van der Waals surface area contributed by atoms with E-state index in [9.17, 15) is 9.59 Å². The van der Waals surface area contributed by atoms with Crippen LogP contribution in [0.15, 0.2) is 48.5 Å². The normalized spacial score (nSPS) is 10.0. The van der Waals surface area contributed by atoms with Gasteiger partial charge in [-0.2, -0.15) is 0 Å². The minimum Gasteiger partial charge on any atom is -0.447 e. The summed E-state index contributed by atoms with van der Waals surface area (Å²) in [6.07, 6.45) is -1.20. The molecule has 0 aliphatic rings. The molecule has 0 heterocycles. The Bertz CT molecular complexity index is 717. The molecular formula is C20H24Cl2N2O4. The fourth-order valence-electron chi connectivity index (χ4n) is 1.86. The van der Waals surface area contributed by atoms with Crippen LogP contribution in [0.25, 0.3) is 0 Å². The molecule has 0 aliphatic heterocycles. The lowest BCUT2D eigenvalue weighted by Gasteiger charge is -2.09. The van der Waals surface area contributed by atoms with E-state index in [0.717, 1.165) is 0 Å². The monoisotopic (exact) mass is 426 g/mol. The SMILES string of the molecule is CC(C)OC(=O)Nc1cccc(Cl)c1.CC(C)OC(=O)Nc1cccc(Cl)c1. The Balaban J connectivity index is 0.000000280. The fourth-order valence-corrected chi connectivity index (χ4v) is 2.24. The smallest absolute Gasteiger partial charge is 0.411 e. The molecule has 0 spiro atoms. The predicted octanol–water partition coefficient (Wildman–Crippen LogP) is 6.59. The van der Waals surface area contributed by atoms with Crippen LogP contribution < -0.4 is 10.6 Å². The Morgan fingerprint density at radius 3 is 1.39 bits per heavy atom. The van der Waals surface area contributed by atoms with Crippen LogP contribution in [0.3, 0.4) is 0 Å². The summed E-state index contributed by atoms with van der Waals surface area (Å²) in [6.45, 7) is 7.16. The molecule has 0 atom stereocenters. The summed E-state index contributed by atoms with van der Waals surface area (Å²) in [5, 5.41) is 6.29. The average Bonchev–Trinajstić information content (AvgIpc) is 2.53. The van der Waals surface area contributed by atoms with Gasteiger partial charge in [0, 0.05) is 21.4 Å². The number of carbonyl (C=O) groups excluding carboxylic acids is 2. The molecule has 2 N–H and O–H groups in total. The van der Waals surface area contributed by atoms with E-state index in [-0.39, 0.29) is 12.2 Å². The summed E-state index contributed by atoms with van der Waals surface area (Å²) in [6, 6.07) is 13.8. The number of anilines is 2. The van der Waals surface area contributed by atoms with Crippen molar-refractivity contribution in [2.75, 3.05) is 10.6 Å². The van der Waals surface area contributed by atoms with E-state index in [0.29, 0.717) is 21.4 Å². The summed E-state index contributed by atoms with van der Waals surface area (Å²) in [5.74, 6) is 0. The molecule has 2 amide bonds. The van der Waals surface area contributed by atoms with Gasteiger partial charge in [0.05, 0.1) is 12.2 Å². The Labute approximate surface area is 175 Å². The molecule has 0 aliphatic carbocycles. The van der Waals surface area contributed by atoms with Gasteiger partial charge < -0.3 is 9.47 Å². The molecule has 8 heteroatoms. The van der Waals surface area contributed by atoms with Crippen LogP contribution in [0, 0.1) is 0 Å². The van der Waals surface area contributed by atoms with Crippen molar-refractivity contribution in [3.63, 3.8) is 0 Å². The number of hydrogen-bond donors (Lipinski definition) is 2. The van der Waals surface area contributed by atoms with E-state index in [1.54, 1.807) is 76.2 Å². The fraction of sp³-hybridized carbons (Fsp3) is 0.300. The van der Waals surface area contributed by atoms with Crippen LogP contribution in [-0.4, -0.2) is 24.4 Å². The number of benzene rings is 2. The zero-order valence-corrected chi connectivity index (χ0v) is 17.7. The van der Waals surface area contributed by atoms with Crippen molar-refractivity contribution < 1.29 is 19.1 Å². The highest BCUT2D eigenvalue weighted by molar-refractivity contribution is 6.31. The molecule has 0 aromatic heterocycles. The molecule has 0 fully saturated rings. The molecule has 0 saturated carbocycles. The number of amides is 2. The maximum Gasteiger partial charge on any atom is 0.411 e. The molecule has 0 unspecified atom stereocenters. The topological polar surface area (TPSA) is 76.7 Å². The lowest BCUT2D eigenvalue weighted by atomic mass is 10.3. The van der Waals surface area contributed by atoms with Crippen LogP contribution in [0.5, 0.6) is 0 Å². The van der Waals surface area contributed by atoms with Gasteiger partial charge in [-0.05, 0) is 64.1 Å². The van der Waals surface area contributed by atoms with Crippen molar-refractivity contribution in [1.82, 2.24) is 0 Å². The van der Waals surface area contributed by atoms with Gasteiger partial charge in [0.2, 0.25) is 0 Å². The highest BCUT2D eigenvalue weighted by atomic mass is 35.5. The number of rotatable bonds is 4. The molecule has 2 aromatic rings. The predicted molar refractivity (Wildman–Crippen MR) is 113 cm³/mol. The second-order valence-corrected chi connectivity index (χ2v) is 7.05. The van der Waals surface area contributed by atoms with Crippen LogP contribution in [-0.2, 0) is 9.47 Å². The summed E-state index contributed by atoms with van der Waals surface area (Å²) in [7, 11) is 0. The molecule has 0 saturated heterocycles. The van der Waals surface area contributed by atoms with Gasteiger partial charge in [0.25, 0.3) is 0 Å². The summed E-state index contributed by atoms with van der Waals surface area (Å²) in [5.41, 5.74) is 1.26. The Kier molecular flexibility index (Phi) is 10.2. The third kappa shape index (κ3) is 10.6. The quantitative estimate of drug-likeness (QED) is 0.577. The second-order valence-electron chi connectivity index (χ2n) is 6.18. The third-order valence-corrected chi connectivity index (χ3v) is 3.30. The van der Waals surface area contributed by atoms with Gasteiger partial charge in [0.15, 0.2) is 0 Å². The standard InChI is InChI=1S/2C10H12ClNO2/c2*1-7(2)14-10(13)12-9-5-3-4-8(11)6-9/h2*3-7H,1-2H3,(H,12,13). The molecule has 0 bridgehead atoms. The molecule has 0 radical (unpaired) electrons. The van der Waals surface area contributed by atoms with Gasteiger partial charge >= 0.3 is 12.2 Å². The number of ether oxygens (including phenoxy) is 2. The summed E-state index contributed by atoms with van der Waals surface area (Å²) in [4.78, 5) is 22.3. The van der Waals surface area contributed by atoms with Gasteiger partial charge in [-0.25, -0.2) is 9.59 Å². The van der Waals surface area contributed by atoms with Gasteiger partial charge in [-0.1, -0.05) is 35.3 Å². The first-order chi connectivity index (χ1) is 13.2. The summed E-state index contributed by atoms with van der Waals surface area (Å²) >= 11 is 11.5. The minimum atomic E-state index is -0.470. The van der Waals surface area contributed by atoms with E-state index < -0.39 is 12.2 Å².